The zero-order valence-electron chi connectivity index (χ0n) is 11.5. The fourth-order valence-corrected chi connectivity index (χ4v) is 2.87. The molecule has 20 heavy (non-hydrogen) atoms. The number of methoxy groups -OCH3 is 1. The van der Waals surface area contributed by atoms with Crippen molar-refractivity contribution in [1.29, 1.82) is 0 Å². The van der Waals surface area contributed by atoms with Gasteiger partial charge in [-0.2, -0.15) is 0 Å². The van der Waals surface area contributed by atoms with Gasteiger partial charge in [-0.3, -0.25) is 9.36 Å². The Morgan fingerprint density at radius 1 is 1.35 bits per heavy atom. The van der Waals surface area contributed by atoms with Gasteiger partial charge in [0.2, 0.25) is 0 Å². The highest BCUT2D eigenvalue weighted by Gasteiger charge is 2.25. The Balaban J connectivity index is 2.28. The van der Waals surface area contributed by atoms with Crippen molar-refractivity contribution >= 4 is 10.9 Å². The standard InChI is InChI=1S/C14H17N3O3/c1-16-7-6-9(8-16)17-13(18)12-10(15-14(17)19)4-3-5-11(12)20-2/h3-5,9H,6-8H2,1-2H3,(H,15,19). The number of likely N-dealkylation sites (tertiary alicyclic amines) is 1. The van der Waals surface area contributed by atoms with Crippen molar-refractivity contribution in [2.75, 3.05) is 27.2 Å². The average molecular weight is 275 g/mol. The molecule has 0 bridgehead atoms. The molecule has 2 heterocycles. The molecule has 1 aromatic heterocycles. The third kappa shape index (κ3) is 1.92. The molecule has 1 saturated heterocycles. The molecule has 1 N–H and O–H groups in total. The lowest BCUT2D eigenvalue weighted by atomic mass is 10.2. The minimum absolute atomic E-state index is 0.0782. The van der Waals surface area contributed by atoms with Crippen molar-refractivity contribution in [3.8, 4) is 5.75 Å². The topological polar surface area (TPSA) is 67.3 Å². The van der Waals surface area contributed by atoms with Crippen molar-refractivity contribution in [3.63, 3.8) is 0 Å². The summed E-state index contributed by atoms with van der Waals surface area (Å²) in [5.74, 6) is 0.490. The Labute approximate surface area is 115 Å². The number of fused-ring (bicyclic) bond motifs is 1. The molecule has 2 aromatic rings. The van der Waals surface area contributed by atoms with E-state index in [0.717, 1.165) is 13.0 Å². The van der Waals surface area contributed by atoms with Gasteiger partial charge in [-0.15, -0.1) is 0 Å². The molecule has 1 fully saturated rings. The number of nitrogens with one attached hydrogen (secondary N) is 1. The first-order valence-corrected chi connectivity index (χ1v) is 6.62. The largest absolute Gasteiger partial charge is 0.496 e. The zero-order valence-corrected chi connectivity index (χ0v) is 11.5. The van der Waals surface area contributed by atoms with E-state index in [2.05, 4.69) is 9.88 Å². The molecule has 6 nitrogen and oxygen atoms in total. The Kier molecular flexibility index (Phi) is 3.10. The highest BCUT2D eigenvalue weighted by atomic mass is 16.5. The minimum atomic E-state index is -0.351. The molecule has 0 aliphatic carbocycles. The maximum Gasteiger partial charge on any atom is 0.329 e. The molecule has 0 amide bonds. The average Bonchev–Trinajstić information content (AvgIpc) is 2.84. The predicted molar refractivity (Wildman–Crippen MR) is 76.5 cm³/mol. The Hall–Kier alpha value is -2.08. The fourth-order valence-electron chi connectivity index (χ4n) is 2.87. The molecular formula is C14H17N3O3. The molecule has 1 aliphatic heterocycles. The van der Waals surface area contributed by atoms with E-state index in [1.54, 1.807) is 18.2 Å². The van der Waals surface area contributed by atoms with Gasteiger partial charge in [-0.1, -0.05) is 6.07 Å². The molecule has 106 valence electrons. The van der Waals surface area contributed by atoms with Crippen LogP contribution in [0.15, 0.2) is 27.8 Å². The molecular weight excluding hydrogens is 258 g/mol. The fraction of sp³-hybridized carbons (Fsp3) is 0.429. The van der Waals surface area contributed by atoms with E-state index >= 15 is 0 Å². The smallest absolute Gasteiger partial charge is 0.329 e. The van der Waals surface area contributed by atoms with Gasteiger partial charge < -0.3 is 14.6 Å². The van der Waals surface area contributed by atoms with Crippen LogP contribution in [0.25, 0.3) is 10.9 Å². The first-order chi connectivity index (χ1) is 9.61. The molecule has 3 rings (SSSR count). The second kappa shape index (κ2) is 4.79. The summed E-state index contributed by atoms with van der Waals surface area (Å²) in [4.78, 5) is 29.8. The zero-order chi connectivity index (χ0) is 14.3. The number of rotatable bonds is 2. The van der Waals surface area contributed by atoms with E-state index in [1.807, 2.05) is 7.05 Å². The van der Waals surface area contributed by atoms with E-state index in [-0.39, 0.29) is 17.3 Å². The maximum absolute atomic E-state index is 12.7. The number of aromatic amines is 1. The molecule has 0 spiro atoms. The molecule has 1 atom stereocenters. The molecule has 1 aliphatic rings. The number of hydrogen-bond acceptors (Lipinski definition) is 4. The van der Waals surface area contributed by atoms with Gasteiger partial charge in [0, 0.05) is 6.54 Å². The van der Waals surface area contributed by atoms with Crippen molar-refractivity contribution in [1.82, 2.24) is 14.5 Å². The lowest BCUT2D eigenvalue weighted by Crippen LogP contribution is -2.39. The number of H-pyrrole nitrogens is 1. The summed E-state index contributed by atoms with van der Waals surface area (Å²) in [7, 11) is 3.51. The van der Waals surface area contributed by atoms with Gasteiger partial charge in [0.05, 0.1) is 18.7 Å². The van der Waals surface area contributed by atoms with Crippen molar-refractivity contribution in [3.05, 3.63) is 39.0 Å². The molecule has 0 radical (unpaired) electrons. The Morgan fingerprint density at radius 3 is 2.80 bits per heavy atom. The quantitative estimate of drug-likeness (QED) is 0.870. The maximum atomic E-state index is 12.7. The number of nitrogens with zero attached hydrogens (tertiary/aromatic N) is 2. The molecule has 1 aromatic carbocycles. The van der Waals surface area contributed by atoms with E-state index in [9.17, 15) is 9.59 Å². The number of ether oxygens (including phenoxy) is 1. The van der Waals surface area contributed by atoms with Crippen LogP contribution in [0.4, 0.5) is 0 Å². The molecule has 0 saturated carbocycles. The van der Waals surface area contributed by atoms with Crippen molar-refractivity contribution in [2.45, 2.75) is 12.5 Å². The minimum Gasteiger partial charge on any atom is -0.496 e. The monoisotopic (exact) mass is 275 g/mol. The SMILES string of the molecule is COc1cccc2[nH]c(=O)n(C3CCN(C)C3)c(=O)c12. The first-order valence-electron chi connectivity index (χ1n) is 6.62. The molecule has 1 unspecified atom stereocenters. The summed E-state index contributed by atoms with van der Waals surface area (Å²) in [6.45, 7) is 1.60. The van der Waals surface area contributed by atoms with Crippen molar-refractivity contribution in [2.24, 2.45) is 0 Å². The summed E-state index contributed by atoms with van der Waals surface area (Å²) in [6.07, 6.45) is 0.806. The lowest BCUT2D eigenvalue weighted by Gasteiger charge is -2.14. The normalized spacial score (nSPS) is 19.6. The van der Waals surface area contributed by atoms with Crippen LogP contribution in [0.2, 0.25) is 0 Å². The van der Waals surface area contributed by atoms with Crippen LogP contribution < -0.4 is 16.0 Å². The van der Waals surface area contributed by atoms with E-state index in [1.165, 1.54) is 11.7 Å². The van der Waals surface area contributed by atoms with Crippen LogP contribution in [0.5, 0.6) is 5.75 Å². The van der Waals surface area contributed by atoms with Crippen LogP contribution >= 0.6 is 0 Å². The van der Waals surface area contributed by atoms with Gasteiger partial charge in [0.15, 0.2) is 0 Å². The number of aromatic nitrogens is 2. The summed E-state index contributed by atoms with van der Waals surface area (Å²) in [5, 5.41) is 0.434. The van der Waals surface area contributed by atoms with E-state index in [0.29, 0.717) is 23.2 Å². The Morgan fingerprint density at radius 2 is 2.15 bits per heavy atom. The summed E-state index contributed by atoms with van der Waals surface area (Å²) < 4.78 is 6.57. The third-order valence-electron chi connectivity index (χ3n) is 3.87. The highest BCUT2D eigenvalue weighted by molar-refractivity contribution is 5.83. The molecule has 6 heteroatoms. The summed E-state index contributed by atoms with van der Waals surface area (Å²) in [6, 6.07) is 5.12. The summed E-state index contributed by atoms with van der Waals surface area (Å²) in [5.41, 5.74) is -0.112. The number of hydrogen-bond donors (Lipinski definition) is 1. The Bertz CT molecular complexity index is 762. The van der Waals surface area contributed by atoms with E-state index in [4.69, 9.17) is 4.74 Å². The number of likely N-dealkylation sites (N-methyl/N-ethyl adjacent to an activating group) is 1. The van der Waals surface area contributed by atoms with Crippen LogP contribution in [-0.4, -0.2) is 41.7 Å². The second-order valence-corrected chi connectivity index (χ2v) is 5.19. The van der Waals surface area contributed by atoms with Crippen molar-refractivity contribution < 1.29 is 4.74 Å². The van der Waals surface area contributed by atoms with Crippen LogP contribution in [0, 0.1) is 0 Å². The highest BCUT2D eigenvalue weighted by Crippen LogP contribution is 2.21. The lowest BCUT2D eigenvalue weighted by molar-refractivity contribution is 0.385. The number of benzene rings is 1. The summed E-state index contributed by atoms with van der Waals surface area (Å²) >= 11 is 0. The van der Waals surface area contributed by atoms with Crippen LogP contribution in [-0.2, 0) is 0 Å². The van der Waals surface area contributed by atoms with Gasteiger partial charge in [-0.05, 0) is 32.1 Å². The first kappa shape index (κ1) is 12.9. The van der Waals surface area contributed by atoms with Gasteiger partial charge in [0.1, 0.15) is 11.1 Å². The predicted octanol–water partition coefficient (Wildman–Crippen LogP) is 0.575. The van der Waals surface area contributed by atoms with Gasteiger partial charge >= 0.3 is 5.69 Å². The van der Waals surface area contributed by atoms with Crippen LogP contribution in [0.1, 0.15) is 12.5 Å². The van der Waals surface area contributed by atoms with E-state index < -0.39 is 0 Å². The van der Waals surface area contributed by atoms with Gasteiger partial charge in [-0.25, -0.2) is 4.79 Å². The third-order valence-corrected chi connectivity index (χ3v) is 3.87. The second-order valence-electron chi connectivity index (χ2n) is 5.19. The van der Waals surface area contributed by atoms with Crippen LogP contribution in [0.3, 0.4) is 0 Å². The van der Waals surface area contributed by atoms with Gasteiger partial charge in [0.25, 0.3) is 5.56 Å².